The molecule has 3 nitrogen and oxygen atoms in total. The van der Waals surface area contributed by atoms with Crippen molar-refractivity contribution < 1.29 is 9.90 Å². The van der Waals surface area contributed by atoms with Gasteiger partial charge in [0.15, 0.2) is 0 Å². The minimum Gasteiger partial charge on any atom is -0.478 e. The van der Waals surface area contributed by atoms with E-state index in [9.17, 15) is 4.79 Å². The summed E-state index contributed by atoms with van der Waals surface area (Å²) in [4.78, 5) is 14.5. The molecule has 1 N–H and O–H groups in total. The Morgan fingerprint density at radius 1 is 1.21 bits per heavy atom. The van der Waals surface area contributed by atoms with Crippen LogP contribution in [0.5, 0.6) is 0 Å². The number of carboxylic acids is 1. The van der Waals surface area contributed by atoms with Gasteiger partial charge in [-0.3, -0.25) is 4.98 Å². The summed E-state index contributed by atoms with van der Waals surface area (Å²) in [5.74, 6) is -0.911. The third-order valence-electron chi connectivity index (χ3n) is 1.89. The molecule has 1 aromatic heterocycles. The Hall–Kier alpha value is -0.264. The van der Waals surface area contributed by atoms with E-state index in [0.29, 0.717) is 5.56 Å². The molecule has 0 bridgehead atoms. The summed E-state index contributed by atoms with van der Waals surface area (Å²) in [5, 5.41) is 10.6. The molecule has 4 heteroatoms. The maximum Gasteiger partial charge on any atom is 0.335 e. The van der Waals surface area contributed by atoms with E-state index in [4.69, 9.17) is 5.11 Å². The Kier molecular flexibility index (Phi) is 4.22. The number of carbonyl (C=O) groups is 1. The number of aromatic carboxylic acids is 1. The van der Waals surface area contributed by atoms with E-state index in [2.05, 4.69) is 4.98 Å². The van der Waals surface area contributed by atoms with Crippen molar-refractivity contribution in [3.05, 3.63) is 42.2 Å². The van der Waals surface area contributed by atoms with E-state index in [1.165, 1.54) is 0 Å². The Labute approximate surface area is 124 Å². The van der Waals surface area contributed by atoms with Gasteiger partial charge in [-0.25, -0.2) is 4.79 Å². The van der Waals surface area contributed by atoms with Crippen LogP contribution in [0.25, 0.3) is 10.8 Å². The second-order valence-corrected chi connectivity index (χ2v) is 2.74. The second-order valence-electron chi connectivity index (χ2n) is 2.74. The number of aromatic nitrogens is 1. The summed E-state index contributed by atoms with van der Waals surface area (Å²) in [6, 6.07) is 6.83. The first kappa shape index (κ1) is 11.8. The Morgan fingerprint density at radius 3 is 2.71 bits per heavy atom. The molecule has 65 valence electrons. The molecule has 2 aromatic rings. The van der Waals surface area contributed by atoms with Crippen LogP contribution in [0.2, 0.25) is 0 Å². The molecule has 0 saturated carbocycles. The standard InChI is InChI=1S/C10H7NO2.K/c12-10(13)8-2-1-7-3-4-11-6-9(7)5-8;/h1-6H,(H,12,13);. The van der Waals surface area contributed by atoms with Crippen molar-refractivity contribution in [2.24, 2.45) is 0 Å². The van der Waals surface area contributed by atoms with Crippen LogP contribution in [0.4, 0.5) is 0 Å². The number of nitrogens with zero attached hydrogens (tertiary/aromatic N) is 1. The first-order chi connectivity index (χ1) is 6.27. The fourth-order valence-electron chi connectivity index (χ4n) is 1.22. The molecule has 1 radical (unpaired) electrons. The average molecular weight is 212 g/mol. The maximum absolute atomic E-state index is 10.6. The van der Waals surface area contributed by atoms with Gasteiger partial charge in [-0.05, 0) is 23.6 Å². The van der Waals surface area contributed by atoms with Gasteiger partial charge in [0, 0.05) is 69.2 Å². The largest absolute Gasteiger partial charge is 0.478 e. The van der Waals surface area contributed by atoms with Gasteiger partial charge < -0.3 is 5.11 Å². The Bertz CT molecular complexity index is 470. The van der Waals surface area contributed by atoms with Gasteiger partial charge in [-0.2, -0.15) is 0 Å². The number of pyridine rings is 1. The maximum atomic E-state index is 10.6. The van der Waals surface area contributed by atoms with Crippen LogP contribution in [-0.2, 0) is 0 Å². The van der Waals surface area contributed by atoms with E-state index < -0.39 is 5.97 Å². The fourth-order valence-corrected chi connectivity index (χ4v) is 1.22. The zero-order chi connectivity index (χ0) is 9.26. The van der Waals surface area contributed by atoms with Gasteiger partial charge in [-0.1, -0.05) is 6.07 Å². The van der Waals surface area contributed by atoms with Crippen molar-refractivity contribution >= 4 is 68.1 Å². The van der Waals surface area contributed by atoms with Gasteiger partial charge >= 0.3 is 5.97 Å². The van der Waals surface area contributed by atoms with Gasteiger partial charge in [0.1, 0.15) is 0 Å². The van der Waals surface area contributed by atoms with Crippen LogP contribution in [0.15, 0.2) is 36.7 Å². The minimum atomic E-state index is -0.911. The molecule has 0 amide bonds. The number of fused-ring (bicyclic) bond motifs is 1. The molecule has 0 aliphatic heterocycles. The van der Waals surface area contributed by atoms with E-state index in [1.807, 2.05) is 6.07 Å². The van der Waals surface area contributed by atoms with Gasteiger partial charge in [0.25, 0.3) is 0 Å². The smallest absolute Gasteiger partial charge is 0.335 e. The Morgan fingerprint density at radius 2 is 2.00 bits per heavy atom. The first-order valence-electron chi connectivity index (χ1n) is 3.84. The van der Waals surface area contributed by atoms with Crippen molar-refractivity contribution in [1.29, 1.82) is 0 Å². The number of benzene rings is 1. The summed E-state index contributed by atoms with van der Waals surface area (Å²) < 4.78 is 0. The Balaban J connectivity index is 0.000000980. The van der Waals surface area contributed by atoms with E-state index in [1.54, 1.807) is 30.6 Å². The molecule has 0 fully saturated rings. The van der Waals surface area contributed by atoms with Crippen molar-refractivity contribution in [1.82, 2.24) is 4.98 Å². The molecule has 14 heavy (non-hydrogen) atoms. The van der Waals surface area contributed by atoms with Crippen LogP contribution in [0, 0.1) is 0 Å². The van der Waals surface area contributed by atoms with E-state index in [0.717, 1.165) is 10.8 Å². The fraction of sp³-hybridized carbons (Fsp3) is 0. The van der Waals surface area contributed by atoms with Gasteiger partial charge in [0.05, 0.1) is 5.56 Å². The molecule has 1 aromatic carbocycles. The normalized spacial score (nSPS) is 9.43. The minimum absolute atomic E-state index is 0. The predicted octanol–water partition coefficient (Wildman–Crippen LogP) is 1.55. The monoisotopic (exact) mass is 212 g/mol. The van der Waals surface area contributed by atoms with Crippen molar-refractivity contribution in [2.75, 3.05) is 0 Å². The van der Waals surface area contributed by atoms with E-state index in [-0.39, 0.29) is 51.4 Å². The number of carboxylic acid groups (broad SMARTS) is 1. The summed E-state index contributed by atoms with van der Waals surface area (Å²) >= 11 is 0. The average Bonchev–Trinajstić information content (AvgIpc) is 2.17. The molecule has 1 heterocycles. The topological polar surface area (TPSA) is 50.2 Å². The molecule has 0 atom stereocenters. The number of rotatable bonds is 1. The quantitative estimate of drug-likeness (QED) is 0.730. The third-order valence-corrected chi connectivity index (χ3v) is 1.89. The zero-order valence-corrected chi connectivity index (χ0v) is 10.9. The molecule has 0 aliphatic carbocycles. The van der Waals surface area contributed by atoms with Crippen LogP contribution in [0.1, 0.15) is 10.4 Å². The molecule has 0 aliphatic rings. The van der Waals surface area contributed by atoms with Crippen molar-refractivity contribution in [3.63, 3.8) is 0 Å². The summed E-state index contributed by atoms with van der Waals surface area (Å²) in [6.07, 6.45) is 3.34. The number of hydrogen-bond acceptors (Lipinski definition) is 2. The van der Waals surface area contributed by atoms with Crippen molar-refractivity contribution in [2.45, 2.75) is 0 Å². The summed E-state index contributed by atoms with van der Waals surface area (Å²) in [5.41, 5.74) is 0.292. The molecular formula is C10H7KNO2. The van der Waals surface area contributed by atoms with Crippen LogP contribution < -0.4 is 0 Å². The third kappa shape index (κ3) is 2.40. The SMILES string of the molecule is O=C(O)c1ccc2ccncc2c1.[K]. The van der Waals surface area contributed by atoms with Crippen LogP contribution >= 0.6 is 0 Å². The van der Waals surface area contributed by atoms with Crippen LogP contribution in [0.3, 0.4) is 0 Å². The summed E-state index contributed by atoms with van der Waals surface area (Å²) in [7, 11) is 0. The molecule has 0 saturated heterocycles. The molecular weight excluding hydrogens is 205 g/mol. The van der Waals surface area contributed by atoms with E-state index >= 15 is 0 Å². The van der Waals surface area contributed by atoms with Gasteiger partial charge in [-0.15, -0.1) is 0 Å². The first-order valence-corrected chi connectivity index (χ1v) is 3.84. The number of hydrogen-bond donors (Lipinski definition) is 1. The predicted molar refractivity (Wildman–Crippen MR) is 54.5 cm³/mol. The second kappa shape index (κ2) is 5.00. The summed E-state index contributed by atoms with van der Waals surface area (Å²) in [6.45, 7) is 0. The molecule has 0 unspecified atom stereocenters. The molecule has 2 rings (SSSR count). The zero-order valence-electron chi connectivity index (χ0n) is 7.77. The van der Waals surface area contributed by atoms with Crippen LogP contribution in [-0.4, -0.2) is 67.4 Å². The van der Waals surface area contributed by atoms with Gasteiger partial charge in [0.2, 0.25) is 0 Å². The molecule has 0 spiro atoms. The van der Waals surface area contributed by atoms with Crippen molar-refractivity contribution in [3.8, 4) is 0 Å².